The van der Waals surface area contributed by atoms with E-state index in [2.05, 4.69) is 9.98 Å². The number of guanidine groups is 2. The number of hydrogen-bond acceptors (Lipinski definition) is 3. The molecule has 1 aliphatic heterocycles. The average Bonchev–Trinajstić information content (AvgIpc) is 2.45. The van der Waals surface area contributed by atoms with Crippen molar-refractivity contribution in [2.75, 3.05) is 25.2 Å². The van der Waals surface area contributed by atoms with Gasteiger partial charge in [0.1, 0.15) is 6.61 Å². The summed E-state index contributed by atoms with van der Waals surface area (Å²) in [5, 5.41) is 0. The number of rotatable bonds is 3. The molecule has 0 radical (unpaired) electrons. The quantitative estimate of drug-likeness (QED) is 0.527. The third-order valence-electron chi connectivity index (χ3n) is 3.24. The molecule has 0 spiro atoms. The van der Waals surface area contributed by atoms with Crippen molar-refractivity contribution in [2.24, 2.45) is 27.2 Å². The van der Waals surface area contributed by atoms with Crippen LogP contribution in [-0.4, -0.2) is 38.1 Å². The van der Waals surface area contributed by atoms with Crippen LogP contribution >= 0.6 is 0 Å². The molecular formula is C14H20N6O2. The Morgan fingerprint density at radius 3 is 2.82 bits per heavy atom. The summed E-state index contributed by atoms with van der Waals surface area (Å²) in [4.78, 5) is 21.6. The lowest BCUT2D eigenvalue weighted by molar-refractivity contribution is -0.122. The Morgan fingerprint density at radius 2 is 2.14 bits per heavy atom. The number of aliphatic imine (C=N–C) groups is 2. The molecule has 2 rings (SSSR count). The van der Waals surface area contributed by atoms with Crippen molar-refractivity contribution in [3.63, 3.8) is 0 Å². The van der Waals surface area contributed by atoms with Gasteiger partial charge in [-0.25, -0.2) is 4.99 Å². The van der Waals surface area contributed by atoms with E-state index in [0.717, 1.165) is 24.1 Å². The lowest BCUT2D eigenvalue weighted by atomic mass is 10.0. The van der Waals surface area contributed by atoms with Gasteiger partial charge < -0.3 is 26.8 Å². The molecular weight excluding hydrogens is 284 g/mol. The Morgan fingerprint density at radius 1 is 1.36 bits per heavy atom. The first-order chi connectivity index (χ1) is 10.5. The van der Waals surface area contributed by atoms with Crippen LogP contribution in [-0.2, 0) is 16.0 Å². The first-order valence-electron chi connectivity index (χ1n) is 6.87. The van der Waals surface area contributed by atoms with E-state index in [0.29, 0.717) is 12.2 Å². The number of amides is 1. The molecule has 1 aliphatic rings. The first kappa shape index (κ1) is 15.8. The molecule has 0 unspecified atom stereocenters. The molecule has 1 heterocycles. The minimum atomic E-state index is -0.156. The predicted octanol–water partition coefficient (Wildman–Crippen LogP) is -0.168. The van der Waals surface area contributed by atoms with Crippen molar-refractivity contribution >= 4 is 29.2 Å². The van der Waals surface area contributed by atoms with Gasteiger partial charge in [-0.15, -0.1) is 0 Å². The topological polar surface area (TPSA) is 132 Å². The average molecular weight is 304 g/mol. The third-order valence-corrected chi connectivity index (χ3v) is 3.24. The normalized spacial score (nSPS) is 14.4. The van der Waals surface area contributed by atoms with Crippen LogP contribution in [0.1, 0.15) is 12.0 Å². The highest BCUT2D eigenvalue weighted by atomic mass is 16.5. The Balaban J connectivity index is 2.33. The van der Waals surface area contributed by atoms with Gasteiger partial charge in [0.2, 0.25) is 5.96 Å². The molecule has 1 amide bonds. The number of carbonyl (C=O) groups excluding carboxylic acids is 1. The molecule has 8 heteroatoms. The fourth-order valence-corrected chi connectivity index (χ4v) is 2.38. The van der Waals surface area contributed by atoms with Gasteiger partial charge in [0.15, 0.2) is 5.96 Å². The molecule has 0 bridgehead atoms. The SMILES string of the molecule is COCC(=O)N1CCCc2ccc(N=C(N)N=C(N)N)cc21. The Labute approximate surface area is 128 Å². The van der Waals surface area contributed by atoms with E-state index in [-0.39, 0.29) is 24.4 Å². The molecule has 0 aliphatic carbocycles. The summed E-state index contributed by atoms with van der Waals surface area (Å²) in [6, 6.07) is 5.55. The number of nitrogens with two attached hydrogens (primary N) is 3. The van der Waals surface area contributed by atoms with Crippen LogP contribution in [0, 0.1) is 0 Å². The minimum absolute atomic E-state index is 0.0365. The molecule has 22 heavy (non-hydrogen) atoms. The highest BCUT2D eigenvalue weighted by molar-refractivity contribution is 5.97. The smallest absolute Gasteiger partial charge is 0.252 e. The van der Waals surface area contributed by atoms with Gasteiger partial charge in [0.05, 0.1) is 5.69 Å². The molecule has 6 N–H and O–H groups in total. The zero-order valence-electron chi connectivity index (χ0n) is 12.5. The summed E-state index contributed by atoms with van der Waals surface area (Å²) in [7, 11) is 1.50. The van der Waals surface area contributed by atoms with Crippen LogP contribution < -0.4 is 22.1 Å². The lowest BCUT2D eigenvalue weighted by Gasteiger charge is -2.29. The van der Waals surface area contributed by atoms with Crippen LogP contribution in [0.2, 0.25) is 0 Å². The molecule has 0 saturated carbocycles. The zero-order valence-corrected chi connectivity index (χ0v) is 12.5. The van der Waals surface area contributed by atoms with Gasteiger partial charge >= 0.3 is 0 Å². The zero-order chi connectivity index (χ0) is 16.1. The van der Waals surface area contributed by atoms with Gasteiger partial charge in [-0.05, 0) is 30.5 Å². The van der Waals surface area contributed by atoms with Crippen molar-refractivity contribution in [3.8, 4) is 0 Å². The highest BCUT2D eigenvalue weighted by Gasteiger charge is 2.22. The number of fused-ring (bicyclic) bond motifs is 1. The lowest BCUT2D eigenvalue weighted by Crippen LogP contribution is -2.37. The van der Waals surface area contributed by atoms with Gasteiger partial charge in [-0.2, -0.15) is 4.99 Å². The molecule has 1 aromatic rings. The fraction of sp³-hybridized carbons (Fsp3) is 0.357. The maximum absolute atomic E-state index is 12.1. The largest absolute Gasteiger partial charge is 0.375 e. The summed E-state index contributed by atoms with van der Waals surface area (Å²) in [5.74, 6) is -0.275. The van der Waals surface area contributed by atoms with Crippen molar-refractivity contribution in [1.29, 1.82) is 0 Å². The number of nitrogens with zero attached hydrogens (tertiary/aromatic N) is 3. The van der Waals surface area contributed by atoms with Crippen molar-refractivity contribution in [2.45, 2.75) is 12.8 Å². The molecule has 0 aromatic heterocycles. The summed E-state index contributed by atoms with van der Waals surface area (Å²) in [6.45, 7) is 0.703. The first-order valence-corrected chi connectivity index (χ1v) is 6.87. The molecule has 0 atom stereocenters. The highest BCUT2D eigenvalue weighted by Crippen LogP contribution is 2.31. The molecule has 1 aromatic carbocycles. The van der Waals surface area contributed by atoms with Crippen LogP contribution in [0.5, 0.6) is 0 Å². The summed E-state index contributed by atoms with van der Waals surface area (Å²) in [5.41, 5.74) is 18.6. The standard InChI is InChI=1S/C14H20N6O2/c1-22-8-12(21)20-6-2-3-9-4-5-10(7-11(9)20)18-14(17)19-13(15)16/h4-5,7H,2-3,6,8H2,1H3,(H6,15,16,17,18,19). The number of hydrogen-bond donors (Lipinski definition) is 3. The fourth-order valence-electron chi connectivity index (χ4n) is 2.38. The number of benzene rings is 1. The minimum Gasteiger partial charge on any atom is -0.375 e. The second kappa shape index (κ2) is 6.90. The second-order valence-electron chi connectivity index (χ2n) is 4.90. The van der Waals surface area contributed by atoms with E-state index in [1.165, 1.54) is 7.11 Å². The summed E-state index contributed by atoms with van der Waals surface area (Å²) >= 11 is 0. The summed E-state index contributed by atoms with van der Waals surface area (Å²) < 4.78 is 4.93. The monoisotopic (exact) mass is 304 g/mol. The Hall–Kier alpha value is -2.61. The molecule has 118 valence electrons. The van der Waals surface area contributed by atoms with Gasteiger partial charge in [0.25, 0.3) is 5.91 Å². The molecule has 0 fully saturated rings. The van der Waals surface area contributed by atoms with E-state index in [4.69, 9.17) is 21.9 Å². The van der Waals surface area contributed by atoms with E-state index >= 15 is 0 Å². The maximum Gasteiger partial charge on any atom is 0.252 e. The van der Waals surface area contributed by atoms with Crippen molar-refractivity contribution < 1.29 is 9.53 Å². The number of ether oxygens (including phenoxy) is 1. The van der Waals surface area contributed by atoms with Gasteiger partial charge in [0, 0.05) is 19.3 Å². The van der Waals surface area contributed by atoms with Crippen LogP contribution in [0.15, 0.2) is 28.2 Å². The van der Waals surface area contributed by atoms with Crippen molar-refractivity contribution in [1.82, 2.24) is 0 Å². The van der Waals surface area contributed by atoms with Crippen LogP contribution in [0.25, 0.3) is 0 Å². The van der Waals surface area contributed by atoms with Crippen LogP contribution in [0.4, 0.5) is 11.4 Å². The van der Waals surface area contributed by atoms with E-state index in [1.807, 2.05) is 12.1 Å². The maximum atomic E-state index is 12.1. The van der Waals surface area contributed by atoms with E-state index < -0.39 is 0 Å². The second-order valence-corrected chi connectivity index (χ2v) is 4.90. The Kier molecular flexibility index (Phi) is 4.95. The number of carbonyl (C=O) groups is 1. The number of methoxy groups -OCH3 is 1. The molecule has 8 nitrogen and oxygen atoms in total. The van der Waals surface area contributed by atoms with Gasteiger partial charge in [-0.1, -0.05) is 6.07 Å². The van der Waals surface area contributed by atoms with E-state index in [9.17, 15) is 4.79 Å². The number of aryl methyl sites for hydroxylation is 1. The third kappa shape index (κ3) is 3.73. The van der Waals surface area contributed by atoms with Gasteiger partial charge in [-0.3, -0.25) is 4.79 Å². The molecule has 0 saturated heterocycles. The predicted molar refractivity (Wildman–Crippen MR) is 86.1 cm³/mol. The van der Waals surface area contributed by atoms with Crippen LogP contribution in [0.3, 0.4) is 0 Å². The Bertz CT molecular complexity index is 622. The summed E-state index contributed by atoms with van der Waals surface area (Å²) in [6.07, 6.45) is 1.83. The van der Waals surface area contributed by atoms with E-state index in [1.54, 1.807) is 11.0 Å². The van der Waals surface area contributed by atoms with Crippen molar-refractivity contribution in [3.05, 3.63) is 23.8 Å². The number of anilines is 1.